The molecular formula is C15H20N2OS. The third-order valence-electron chi connectivity index (χ3n) is 2.90. The molecule has 0 fully saturated rings. The molecule has 2 unspecified atom stereocenters. The quantitative estimate of drug-likeness (QED) is 0.833. The summed E-state index contributed by atoms with van der Waals surface area (Å²) in [5.41, 5.74) is 1.01. The molecule has 1 N–H and O–H groups in total. The van der Waals surface area contributed by atoms with E-state index in [0.29, 0.717) is 6.42 Å². The van der Waals surface area contributed by atoms with Crippen LogP contribution in [-0.2, 0) is 11.2 Å². The first-order chi connectivity index (χ1) is 9.17. The second-order valence-corrected chi connectivity index (χ2v) is 5.55. The van der Waals surface area contributed by atoms with Crippen LogP contribution in [0.4, 0.5) is 0 Å². The average Bonchev–Trinajstić information content (AvgIpc) is 2.43. The summed E-state index contributed by atoms with van der Waals surface area (Å²) < 4.78 is 0. The molecule has 4 heteroatoms. The molecule has 1 amide bonds. The van der Waals surface area contributed by atoms with Crippen LogP contribution >= 0.6 is 11.8 Å². The summed E-state index contributed by atoms with van der Waals surface area (Å²) in [5, 5.41) is 12.0. The van der Waals surface area contributed by atoms with Gasteiger partial charge in [-0.05, 0) is 37.3 Å². The van der Waals surface area contributed by atoms with Crippen LogP contribution in [0.25, 0.3) is 0 Å². The highest BCUT2D eigenvalue weighted by atomic mass is 32.2. The summed E-state index contributed by atoms with van der Waals surface area (Å²) in [6, 6.07) is 11.9. The molecule has 0 aliphatic carbocycles. The number of nitrogens with zero attached hydrogens (tertiary/aromatic N) is 1. The normalized spacial score (nSPS) is 13.3. The van der Waals surface area contributed by atoms with Gasteiger partial charge in [0.25, 0.3) is 0 Å². The number of nitriles is 1. The van der Waals surface area contributed by atoms with Crippen LogP contribution in [0.2, 0.25) is 0 Å². The first kappa shape index (κ1) is 15.6. The Labute approximate surface area is 119 Å². The highest BCUT2D eigenvalue weighted by Gasteiger charge is 2.19. The van der Waals surface area contributed by atoms with Crippen molar-refractivity contribution in [3.63, 3.8) is 0 Å². The van der Waals surface area contributed by atoms with Crippen LogP contribution in [0.15, 0.2) is 30.3 Å². The van der Waals surface area contributed by atoms with E-state index >= 15 is 0 Å². The number of carbonyl (C=O) groups is 1. The minimum absolute atomic E-state index is 0.117. The van der Waals surface area contributed by atoms with Crippen LogP contribution in [0.3, 0.4) is 0 Å². The molecule has 0 saturated carbocycles. The molecule has 1 aromatic rings. The van der Waals surface area contributed by atoms with Crippen molar-refractivity contribution in [2.75, 3.05) is 12.0 Å². The Morgan fingerprint density at radius 3 is 2.68 bits per heavy atom. The fraction of sp³-hybridized carbons (Fsp3) is 0.467. The average molecular weight is 276 g/mol. The van der Waals surface area contributed by atoms with Crippen molar-refractivity contribution in [2.45, 2.75) is 25.8 Å². The summed E-state index contributed by atoms with van der Waals surface area (Å²) in [5.74, 6) is 0.233. The minimum Gasteiger partial charge on any atom is -0.352 e. The fourth-order valence-electron chi connectivity index (χ4n) is 1.76. The van der Waals surface area contributed by atoms with Gasteiger partial charge in [0, 0.05) is 6.04 Å². The van der Waals surface area contributed by atoms with Crippen LogP contribution < -0.4 is 5.32 Å². The van der Waals surface area contributed by atoms with Gasteiger partial charge >= 0.3 is 0 Å². The Hall–Kier alpha value is -1.47. The maximum atomic E-state index is 12.0. The molecule has 1 rings (SSSR count). The van der Waals surface area contributed by atoms with Crippen molar-refractivity contribution in [3.05, 3.63) is 35.9 Å². The van der Waals surface area contributed by atoms with Crippen LogP contribution in [-0.4, -0.2) is 24.0 Å². The van der Waals surface area contributed by atoms with Gasteiger partial charge in [0.05, 0.1) is 6.07 Å². The Balaban J connectivity index is 2.51. The molecule has 0 spiro atoms. The number of amides is 1. The number of carbonyl (C=O) groups excluding carboxylic acids is 1. The number of thioether (sulfide) groups is 1. The fourth-order valence-corrected chi connectivity index (χ4v) is 2.35. The number of benzene rings is 1. The lowest BCUT2D eigenvalue weighted by Gasteiger charge is -2.16. The number of rotatable bonds is 7. The monoisotopic (exact) mass is 276 g/mol. The van der Waals surface area contributed by atoms with Crippen LogP contribution in [0.5, 0.6) is 0 Å². The zero-order valence-electron chi connectivity index (χ0n) is 11.4. The molecule has 0 aromatic heterocycles. The van der Waals surface area contributed by atoms with Crippen molar-refractivity contribution in [1.29, 1.82) is 5.26 Å². The molecule has 0 bridgehead atoms. The number of hydrogen-bond acceptors (Lipinski definition) is 3. The molecule has 1 aromatic carbocycles. The molecule has 0 aliphatic rings. The lowest BCUT2D eigenvalue weighted by atomic mass is 9.99. The van der Waals surface area contributed by atoms with E-state index in [9.17, 15) is 4.79 Å². The molecule has 2 atom stereocenters. The Morgan fingerprint density at radius 2 is 2.11 bits per heavy atom. The van der Waals surface area contributed by atoms with Gasteiger partial charge in [-0.2, -0.15) is 17.0 Å². The van der Waals surface area contributed by atoms with E-state index in [1.165, 1.54) is 0 Å². The first-order valence-corrected chi connectivity index (χ1v) is 7.79. The lowest BCUT2D eigenvalue weighted by molar-refractivity contribution is -0.124. The summed E-state index contributed by atoms with van der Waals surface area (Å²) in [6.07, 6.45) is 3.44. The summed E-state index contributed by atoms with van der Waals surface area (Å²) in [7, 11) is 0. The van der Waals surface area contributed by atoms with Crippen molar-refractivity contribution in [2.24, 2.45) is 5.92 Å². The van der Waals surface area contributed by atoms with Gasteiger partial charge in [-0.3, -0.25) is 4.79 Å². The third-order valence-corrected chi connectivity index (χ3v) is 3.54. The van der Waals surface area contributed by atoms with Crippen LogP contribution in [0, 0.1) is 17.2 Å². The third kappa shape index (κ3) is 5.80. The summed E-state index contributed by atoms with van der Waals surface area (Å²) in [4.78, 5) is 12.0. The van der Waals surface area contributed by atoms with Gasteiger partial charge in [0.2, 0.25) is 5.91 Å². The molecule has 0 aliphatic heterocycles. The Morgan fingerprint density at radius 1 is 1.42 bits per heavy atom. The highest BCUT2D eigenvalue weighted by molar-refractivity contribution is 7.98. The number of hydrogen-bond donors (Lipinski definition) is 1. The summed E-state index contributed by atoms with van der Waals surface area (Å²) >= 11 is 1.76. The topological polar surface area (TPSA) is 52.9 Å². The van der Waals surface area contributed by atoms with Crippen molar-refractivity contribution < 1.29 is 4.79 Å². The summed E-state index contributed by atoms with van der Waals surface area (Å²) in [6.45, 7) is 1.98. The van der Waals surface area contributed by atoms with Crippen LogP contribution in [0.1, 0.15) is 18.9 Å². The Kier molecular flexibility index (Phi) is 7.06. The maximum absolute atomic E-state index is 12.0. The zero-order chi connectivity index (χ0) is 14.1. The SMILES string of the molecule is CSCCC(C)NC(=O)C(C#N)Cc1ccccc1. The minimum atomic E-state index is -0.612. The van der Waals surface area contributed by atoms with Gasteiger partial charge in [0.15, 0.2) is 0 Å². The van der Waals surface area contributed by atoms with Gasteiger partial charge in [0.1, 0.15) is 5.92 Å². The predicted molar refractivity (Wildman–Crippen MR) is 79.9 cm³/mol. The molecule has 0 radical (unpaired) electrons. The van der Waals surface area contributed by atoms with Gasteiger partial charge < -0.3 is 5.32 Å². The molecule has 102 valence electrons. The van der Waals surface area contributed by atoms with E-state index in [1.807, 2.05) is 43.5 Å². The number of nitrogens with one attached hydrogen (secondary N) is 1. The van der Waals surface area contributed by atoms with E-state index in [0.717, 1.165) is 17.7 Å². The van der Waals surface area contributed by atoms with E-state index in [1.54, 1.807) is 11.8 Å². The Bertz CT molecular complexity index is 428. The first-order valence-electron chi connectivity index (χ1n) is 6.40. The largest absolute Gasteiger partial charge is 0.352 e. The molecular weight excluding hydrogens is 256 g/mol. The molecule has 0 heterocycles. The maximum Gasteiger partial charge on any atom is 0.237 e. The highest BCUT2D eigenvalue weighted by Crippen LogP contribution is 2.09. The second-order valence-electron chi connectivity index (χ2n) is 4.56. The molecule has 19 heavy (non-hydrogen) atoms. The zero-order valence-corrected chi connectivity index (χ0v) is 12.2. The van der Waals surface area contributed by atoms with E-state index in [4.69, 9.17) is 5.26 Å². The standard InChI is InChI=1S/C15H20N2OS/c1-12(8-9-19-2)17-15(18)14(11-16)10-13-6-4-3-5-7-13/h3-7,12,14H,8-10H2,1-2H3,(H,17,18). The van der Waals surface area contributed by atoms with Crippen molar-refractivity contribution in [1.82, 2.24) is 5.32 Å². The van der Waals surface area contributed by atoms with Gasteiger partial charge in [-0.1, -0.05) is 30.3 Å². The smallest absolute Gasteiger partial charge is 0.237 e. The van der Waals surface area contributed by atoms with Crippen molar-refractivity contribution >= 4 is 17.7 Å². The van der Waals surface area contributed by atoms with E-state index < -0.39 is 5.92 Å². The second kappa shape index (κ2) is 8.60. The van der Waals surface area contributed by atoms with Crippen molar-refractivity contribution in [3.8, 4) is 6.07 Å². The molecule has 3 nitrogen and oxygen atoms in total. The van der Waals surface area contributed by atoms with Gasteiger partial charge in [-0.25, -0.2) is 0 Å². The predicted octanol–water partition coefficient (Wildman–Crippen LogP) is 2.63. The lowest BCUT2D eigenvalue weighted by Crippen LogP contribution is -2.37. The van der Waals surface area contributed by atoms with E-state index in [2.05, 4.69) is 11.4 Å². The van der Waals surface area contributed by atoms with Gasteiger partial charge in [-0.15, -0.1) is 0 Å². The molecule has 0 saturated heterocycles. The van der Waals surface area contributed by atoms with E-state index in [-0.39, 0.29) is 11.9 Å².